The Bertz CT molecular complexity index is 566. The summed E-state index contributed by atoms with van der Waals surface area (Å²) in [5.74, 6) is 0.707. The zero-order valence-corrected chi connectivity index (χ0v) is 13.6. The number of aryl methyl sites for hydroxylation is 1. The molecule has 23 heavy (non-hydrogen) atoms. The molecule has 2 aliphatic rings. The maximum atomic E-state index is 10.9. The van der Waals surface area contributed by atoms with Crippen molar-refractivity contribution in [2.24, 2.45) is 0 Å². The Morgan fingerprint density at radius 3 is 2.65 bits per heavy atom. The molecule has 0 saturated carbocycles. The first-order valence-corrected chi connectivity index (χ1v) is 8.29. The van der Waals surface area contributed by atoms with E-state index in [2.05, 4.69) is 15.2 Å². The molecule has 1 aromatic rings. The van der Waals surface area contributed by atoms with Gasteiger partial charge in [0.1, 0.15) is 11.5 Å². The summed E-state index contributed by atoms with van der Waals surface area (Å²) in [4.78, 5) is 17.4. The monoisotopic (exact) mass is 320 g/mol. The van der Waals surface area contributed by atoms with E-state index in [1.165, 1.54) is 18.9 Å². The molecule has 3 heterocycles. The quantitative estimate of drug-likeness (QED) is 0.662. The van der Waals surface area contributed by atoms with Gasteiger partial charge in [-0.05, 0) is 51.8 Å². The average Bonchev–Trinajstić information content (AvgIpc) is 3.09. The van der Waals surface area contributed by atoms with Gasteiger partial charge in [-0.25, -0.2) is 4.98 Å². The summed E-state index contributed by atoms with van der Waals surface area (Å²) in [6.07, 6.45) is 4.56. The second-order valence-corrected chi connectivity index (χ2v) is 6.44. The summed E-state index contributed by atoms with van der Waals surface area (Å²) >= 11 is 0. The fourth-order valence-corrected chi connectivity index (χ4v) is 3.65. The second kappa shape index (κ2) is 6.80. The fourth-order valence-electron chi connectivity index (χ4n) is 3.65. The minimum Gasteiger partial charge on any atom is -0.381 e. The lowest BCUT2D eigenvalue weighted by Gasteiger charge is -2.44. The molecule has 2 fully saturated rings. The summed E-state index contributed by atoms with van der Waals surface area (Å²) in [6, 6.07) is 3.22. The normalized spacial score (nSPS) is 21.3. The lowest BCUT2D eigenvalue weighted by Crippen LogP contribution is -2.55. The van der Waals surface area contributed by atoms with E-state index in [9.17, 15) is 10.1 Å². The predicted octanol–water partition coefficient (Wildman–Crippen LogP) is 2.36. The Hall–Kier alpha value is -1.73. The van der Waals surface area contributed by atoms with Crippen LogP contribution in [0.25, 0.3) is 0 Å². The minimum absolute atomic E-state index is 0.0656. The first kappa shape index (κ1) is 16.1. The lowest BCUT2D eigenvalue weighted by molar-refractivity contribution is -0.385. The Morgan fingerprint density at radius 1 is 1.35 bits per heavy atom. The number of anilines is 1. The van der Waals surface area contributed by atoms with Crippen LogP contribution < -0.4 is 5.32 Å². The molecule has 0 spiro atoms. The van der Waals surface area contributed by atoms with E-state index in [-0.39, 0.29) is 11.2 Å². The number of nitro groups is 1. The van der Waals surface area contributed by atoms with Gasteiger partial charge in [-0.3, -0.25) is 15.0 Å². The Kier molecular flexibility index (Phi) is 4.77. The van der Waals surface area contributed by atoms with Gasteiger partial charge in [-0.15, -0.1) is 0 Å². The van der Waals surface area contributed by atoms with Crippen LogP contribution in [-0.4, -0.2) is 53.2 Å². The highest BCUT2D eigenvalue weighted by Gasteiger charge is 2.39. The molecule has 0 aliphatic carbocycles. The first-order chi connectivity index (χ1) is 11.1. The van der Waals surface area contributed by atoms with Gasteiger partial charge in [0.2, 0.25) is 0 Å². The molecule has 7 heteroatoms. The average molecular weight is 320 g/mol. The topological polar surface area (TPSA) is 80.5 Å². The zero-order chi connectivity index (χ0) is 16.3. The summed E-state index contributed by atoms with van der Waals surface area (Å²) < 4.78 is 5.55. The van der Waals surface area contributed by atoms with Gasteiger partial charge < -0.3 is 10.1 Å². The number of hydrogen-bond donors (Lipinski definition) is 1. The summed E-state index contributed by atoms with van der Waals surface area (Å²) in [7, 11) is 0. The molecule has 0 bridgehead atoms. The molecule has 3 rings (SSSR count). The first-order valence-electron chi connectivity index (χ1n) is 8.29. The van der Waals surface area contributed by atoms with E-state index in [0.29, 0.717) is 11.5 Å². The van der Waals surface area contributed by atoms with Gasteiger partial charge in [0.05, 0.1) is 4.92 Å². The van der Waals surface area contributed by atoms with Crippen LogP contribution in [0.15, 0.2) is 12.1 Å². The van der Waals surface area contributed by atoms with Crippen LogP contribution in [0.2, 0.25) is 0 Å². The van der Waals surface area contributed by atoms with E-state index in [1.807, 2.05) is 0 Å². The van der Waals surface area contributed by atoms with Crippen LogP contribution in [0, 0.1) is 17.0 Å². The molecule has 1 aromatic heterocycles. The van der Waals surface area contributed by atoms with Gasteiger partial charge in [0.25, 0.3) is 5.69 Å². The van der Waals surface area contributed by atoms with Crippen LogP contribution in [0.4, 0.5) is 11.5 Å². The number of aromatic nitrogens is 1. The van der Waals surface area contributed by atoms with Crippen molar-refractivity contribution in [3.8, 4) is 0 Å². The van der Waals surface area contributed by atoms with E-state index in [1.54, 1.807) is 13.0 Å². The molecule has 7 nitrogen and oxygen atoms in total. The van der Waals surface area contributed by atoms with Crippen LogP contribution in [0.1, 0.15) is 31.4 Å². The third kappa shape index (κ3) is 3.45. The number of pyridine rings is 1. The number of nitrogens with zero attached hydrogens (tertiary/aromatic N) is 3. The molecular weight excluding hydrogens is 296 g/mol. The van der Waals surface area contributed by atoms with Crippen LogP contribution in [-0.2, 0) is 4.74 Å². The molecule has 0 aromatic carbocycles. The van der Waals surface area contributed by atoms with E-state index >= 15 is 0 Å². The Morgan fingerprint density at radius 2 is 2.04 bits per heavy atom. The van der Waals surface area contributed by atoms with Gasteiger partial charge in [0, 0.05) is 31.4 Å². The third-order valence-electron chi connectivity index (χ3n) is 5.05. The molecule has 1 N–H and O–H groups in total. The molecule has 2 saturated heterocycles. The van der Waals surface area contributed by atoms with Crippen LogP contribution in [0.3, 0.4) is 0 Å². The lowest BCUT2D eigenvalue weighted by atomic mass is 9.88. The van der Waals surface area contributed by atoms with Crippen molar-refractivity contribution < 1.29 is 9.66 Å². The maximum absolute atomic E-state index is 10.9. The van der Waals surface area contributed by atoms with E-state index in [0.717, 1.165) is 45.7 Å². The van der Waals surface area contributed by atoms with Crippen molar-refractivity contribution in [1.82, 2.24) is 9.88 Å². The summed E-state index contributed by atoms with van der Waals surface area (Å²) in [5, 5.41) is 14.3. The van der Waals surface area contributed by atoms with Crippen molar-refractivity contribution in [2.45, 2.75) is 38.1 Å². The number of rotatable bonds is 5. The van der Waals surface area contributed by atoms with E-state index < -0.39 is 4.92 Å². The third-order valence-corrected chi connectivity index (χ3v) is 5.05. The van der Waals surface area contributed by atoms with Gasteiger partial charge in [0.15, 0.2) is 0 Å². The maximum Gasteiger partial charge on any atom is 0.290 e. The zero-order valence-electron chi connectivity index (χ0n) is 13.6. The summed E-state index contributed by atoms with van der Waals surface area (Å²) in [5.41, 5.74) is 0.629. The van der Waals surface area contributed by atoms with Gasteiger partial charge in [-0.1, -0.05) is 0 Å². The fraction of sp³-hybridized carbons (Fsp3) is 0.688. The molecule has 2 aliphatic heterocycles. The van der Waals surface area contributed by atoms with Crippen molar-refractivity contribution in [3.63, 3.8) is 0 Å². The SMILES string of the molecule is Cc1nc(NCC2(N3CCCC3)CCOCC2)ccc1[N+](=O)[O-]. The number of nitrogens with one attached hydrogen (secondary N) is 1. The molecule has 0 radical (unpaired) electrons. The van der Waals surface area contributed by atoms with Crippen molar-refractivity contribution in [3.05, 3.63) is 27.9 Å². The van der Waals surface area contributed by atoms with Gasteiger partial charge in [-0.2, -0.15) is 0 Å². The summed E-state index contributed by atoms with van der Waals surface area (Å²) in [6.45, 7) is 6.37. The highest BCUT2D eigenvalue weighted by atomic mass is 16.6. The largest absolute Gasteiger partial charge is 0.381 e. The molecule has 126 valence electrons. The smallest absolute Gasteiger partial charge is 0.290 e. The molecule has 0 amide bonds. The number of ether oxygens (including phenoxy) is 1. The van der Waals surface area contributed by atoms with Crippen LogP contribution in [0.5, 0.6) is 0 Å². The minimum atomic E-state index is -0.393. The highest BCUT2D eigenvalue weighted by Crippen LogP contribution is 2.31. The Labute approximate surface area is 136 Å². The Balaban J connectivity index is 1.71. The molecule has 0 atom stereocenters. The number of hydrogen-bond acceptors (Lipinski definition) is 6. The van der Waals surface area contributed by atoms with Crippen molar-refractivity contribution >= 4 is 11.5 Å². The second-order valence-electron chi connectivity index (χ2n) is 6.44. The number of likely N-dealkylation sites (tertiary alicyclic amines) is 1. The standard InChI is InChI=1S/C16H24N4O3/c1-13-14(20(21)22)4-5-15(18-13)17-12-16(6-10-23-11-7-16)19-8-2-3-9-19/h4-5H,2-3,6-12H2,1H3,(H,17,18). The predicted molar refractivity (Wildman–Crippen MR) is 87.7 cm³/mol. The molecule has 0 unspecified atom stereocenters. The van der Waals surface area contributed by atoms with Crippen molar-refractivity contribution in [2.75, 3.05) is 38.2 Å². The van der Waals surface area contributed by atoms with Gasteiger partial charge >= 0.3 is 0 Å². The van der Waals surface area contributed by atoms with Crippen molar-refractivity contribution in [1.29, 1.82) is 0 Å². The molecular formula is C16H24N4O3. The highest BCUT2D eigenvalue weighted by molar-refractivity contribution is 5.45. The van der Waals surface area contributed by atoms with E-state index in [4.69, 9.17) is 4.74 Å². The van der Waals surface area contributed by atoms with Crippen LogP contribution >= 0.6 is 0 Å².